The van der Waals surface area contributed by atoms with Crippen molar-refractivity contribution in [2.24, 2.45) is 0 Å². The number of aryl methyl sites for hydroxylation is 2. The number of hydrogen-bond donors (Lipinski definition) is 0. The second-order valence-corrected chi connectivity index (χ2v) is 6.67. The molecule has 6 nitrogen and oxygen atoms in total. The standard InChI is InChI=1S/C18H20FN3O3S/c1-12-8-13(2)21-18(20-12)26-11-17(24)25-10-16(23)22(3)9-14-6-4-5-7-15(14)19/h4-8H,9-11H2,1-3H3. The normalized spacial score (nSPS) is 10.5. The number of hydrogen-bond acceptors (Lipinski definition) is 6. The third-order valence-corrected chi connectivity index (χ3v) is 4.25. The molecule has 1 aromatic heterocycles. The highest BCUT2D eigenvalue weighted by molar-refractivity contribution is 7.99. The van der Waals surface area contributed by atoms with Gasteiger partial charge in [0.15, 0.2) is 11.8 Å². The maximum absolute atomic E-state index is 13.6. The molecule has 2 aromatic rings. The van der Waals surface area contributed by atoms with Gasteiger partial charge in [0.05, 0.1) is 5.75 Å². The summed E-state index contributed by atoms with van der Waals surface area (Å²) in [6.45, 7) is 3.41. The van der Waals surface area contributed by atoms with E-state index >= 15 is 0 Å². The van der Waals surface area contributed by atoms with Crippen molar-refractivity contribution in [2.75, 3.05) is 19.4 Å². The van der Waals surface area contributed by atoms with E-state index in [4.69, 9.17) is 4.74 Å². The number of thioether (sulfide) groups is 1. The molecule has 1 aromatic carbocycles. The lowest BCUT2D eigenvalue weighted by atomic mass is 10.2. The minimum Gasteiger partial charge on any atom is -0.455 e. The van der Waals surface area contributed by atoms with Crippen LogP contribution in [-0.2, 0) is 20.9 Å². The molecular formula is C18H20FN3O3S. The summed E-state index contributed by atoms with van der Waals surface area (Å²) in [6.07, 6.45) is 0. The molecule has 26 heavy (non-hydrogen) atoms. The number of amides is 1. The fraction of sp³-hybridized carbons (Fsp3) is 0.333. The van der Waals surface area contributed by atoms with Crippen LogP contribution >= 0.6 is 11.8 Å². The second kappa shape index (κ2) is 9.28. The molecule has 0 N–H and O–H groups in total. The Balaban J connectivity index is 1.77. The van der Waals surface area contributed by atoms with E-state index in [1.54, 1.807) is 18.2 Å². The van der Waals surface area contributed by atoms with Crippen LogP contribution in [-0.4, -0.2) is 46.2 Å². The highest BCUT2D eigenvalue weighted by Gasteiger charge is 2.14. The summed E-state index contributed by atoms with van der Waals surface area (Å²) >= 11 is 1.15. The Morgan fingerprint density at radius 1 is 1.19 bits per heavy atom. The summed E-state index contributed by atoms with van der Waals surface area (Å²) in [5.74, 6) is -1.32. The third kappa shape index (κ3) is 6.11. The number of halogens is 1. The average molecular weight is 377 g/mol. The summed E-state index contributed by atoms with van der Waals surface area (Å²) in [7, 11) is 1.53. The molecule has 1 amide bonds. The third-order valence-electron chi connectivity index (χ3n) is 3.43. The van der Waals surface area contributed by atoms with Gasteiger partial charge in [-0.15, -0.1) is 0 Å². The zero-order valence-electron chi connectivity index (χ0n) is 14.9. The summed E-state index contributed by atoms with van der Waals surface area (Å²) in [5.41, 5.74) is 2.04. The summed E-state index contributed by atoms with van der Waals surface area (Å²) in [5, 5.41) is 0.488. The number of ether oxygens (including phenoxy) is 1. The molecule has 0 saturated heterocycles. The van der Waals surface area contributed by atoms with Crippen LogP contribution < -0.4 is 0 Å². The maximum Gasteiger partial charge on any atom is 0.316 e. The minimum absolute atomic E-state index is 0.00714. The van der Waals surface area contributed by atoms with Gasteiger partial charge in [-0.1, -0.05) is 30.0 Å². The fourth-order valence-corrected chi connectivity index (χ4v) is 2.89. The Bertz CT molecular complexity index is 781. The van der Waals surface area contributed by atoms with Crippen LogP contribution in [0.1, 0.15) is 17.0 Å². The van der Waals surface area contributed by atoms with Crippen LogP contribution in [0.25, 0.3) is 0 Å². The monoisotopic (exact) mass is 377 g/mol. The van der Waals surface area contributed by atoms with Gasteiger partial charge in [-0.05, 0) is 26.0 Å². The van der Waals surface area contributed by atoms with Gasteiger partial charge in [0.25, 0.3) is 5.91 Å². The highest BCUT2D eigenvalue weighted by atomic mass is 32.2. The smallest absolute Gasteiger partial charge is 0.316 e. The van der Waals surface area contributed by atoms with E-state index in [1.165, 1.54) is 18.0 Å². The zero-order chi connectivity index (χ0) is 19.1. The first-order chi connectivity index (χ1) is 12.3. The number of carbonyl (C=O) groups excluding carboxylic acids is 2. The lowest BCUT2D eigenvalue weighted by Crippen LogP contribution is -2.31. The van der Waals surface area contributed by atoms with E-state index in [1.807, 2.05) is 19.9 Å². The Labute approximate surface area is 155 Å². The minimum atomic E-state index is -0.537. The van der Waals surface area contributed by atoms with Crippen LogP contribution in [0.5, 0.6) is 0 Å². The molecule has 0 spiro atoms. The first kappa shape index (κ1) is 19.8. The van der Waals surface area contributed by atoms with Crippen LogP contribution in [0.15, 0.2) is 35.5 Å². The van der Waals surface area contributed by atoms with Gasteiger partial charge in [-0.2, -0.15) is 0 Å². The molecule has 0 atom stereocenters. The number of aromatic nitrogens is 2. The number of esters is 1. The van der Waals surface area contributed by atoms with Crippen molar-refractivity contribution in [2.45, 2.75) is 25.5 Å². The van der Waals surface area contributed by atoms with E-state index in [0.717, 1.165) is 23.1 Å². The van der Waals surface area contributed by atoms with Crippen LogP contribution in [0.4, 0.5) is 4.39 Å². The van der Waals surface area contributed by atoms with Gasteiger partial charge in [-0.25, -0.2) is 14.4 Å². The lowest BCUT2D eigenvalue weighted by Gasteiger charge is -2.17. The molecule has 0 aliphatic carbocycles. The number of benzene rings is 1. The first-order valence-corrected chi connectivity index (χ1v) is 8.92. The SMILES string of the molecule is Cc1cc(C)nc(SCC(=O)OCC(=O)N(C)Cc2ccccc2F)n1. The molecule has 8 heteroatoms. The summed E-state index contributed by atoms with van der Waals surface area (Å²) in [6, 6.07) is 8.06. The maximum atomic E-state index is 13.6. The van der Waals surface area contributed by atoms with E-state index in [2.05, 4.69) is 9.97 Å². The van der Waals surface area contributed by atoms with E-state index in [9.17, 15) is 14.0 Å². The molecule has 0 unspecified atom stereocenters. The van der Waals surface area contributed by atoms with Crippen LogP contribution in [0.2, 0.25) is 0 Å². The van der Waals surface area contributed by atoms with Crippen molar-refractivity contribution in [3.63, 3.8) is 0 Å². The van der Waals surface area contributed by atoms with Gasteiger partial charge < -0.3 is 9.64 Å². The van der Waals surface area contributed by atoms with Crippen molar-refractivity contribution in [3.05, 3.63) is 53.1 Å². The second-order valence-electron chi connectivity index (χ2n) is 5.72. The Morgan fingerprint density at radius 2 is 1.85 bits per heavy atom. The molecule has 2 rings (SSSR count). The molecule has 0 saturated carbocycles. The highest BCUT2D eigenvalue weighted by Crippen LogP contribution is 2.14. The molecule has 0 fully saturated rings. The van der Waals surface area contributed by atoms with Crippen LogP contribution in [0.3, 0.4) is 0 Å². The van der Waals surface area contributed by atoms with Gasteiger partial charge in [0.2, 0.25) is 0 Å². The first-order valence-electron chi connectivity index (χ1n) is 7.93. The Hall–Kier alpha value is -2.48. The quantitative estimate of drug-likeness (QED) is 0.419. The average Bonchev–Trinajstić information content (AvgIpc) is 2.59. The molecule has 0 aliphatic rings. The summed E-state index contributed by atoms with van der Waals surface area (Å²) < 4.78 is 18.6. The number of carbonyl (C=O) groups is 2. The Kier molecular flexibility index (Phi) is 7.08. The molecular weight excluding hydrogens is 357 g/mol. The Morgan fingerprint density at radius 3 is 2.50 bits per heavy atom. The van der Waals surface area contributed by atoms with Gasteiger partial charge in [0.1, 0.15) is 5.82 Å². The molecule has 0 radical (unpaired) electrons. The molecule has 0 bridgehead atoms. The van der Waals surface area contributed by atoms with Gasteiger partial charge >= 0.3 is 5.97 Å². The van der Waals surface area contributed by atoms with E-state index in [-0.39, 0.29) is 18.1 Å². The molecule has 1 heterocycles. The number of rotatable bonds is 7. The molecule has 138 valence electrons. The van der Waals surface area contributed by atoms with Crippen molar-refractivity contribution in [3.8, 4) is 0 Å². The predicted molar refractivity (Wildman–Crippen MR) is 96.1 cm³/mol. The van der Waals surface area contributed by atoms with E-state index in [0.29, 0.717) is 10.7 Å². The van der Waals surface area contributed by atoms with Crippen molar-refractivity contribution in [1.29, 1.82) is 0 Å². The predicted octanol–water partition coefficient (Wildman–Crippen LogP) is 2.53. The topological polar surface area (TPSA) is 72.4 Å². The lowest BCUT2D eigenvalue weighted by molar-refractivity contribution is -0.149. The van der Waals surface area contributed by atoms with Crippen molar-refractivity contribution < 1.29 is 18.7 Å². The number of nitrogens with zero attached hydrogens (tertiary/aromatic N) is 3. The van der Waals surface area contributed by atoms with E-state index < -0.39 is 18.5 Å². The molecule has 0 aliphatic heterocycles. The van der Waals surface area contributed by atoms with Gasteiger partial charge in [0, 0.05) is 30.5 Å². The summed E-state index contributed by atoms with van der Waals surface area (Å²) in [4.78, 5) is 33.6. The van der Waals surface area contributed by atoms with Crippen LogP contribution in [0, 0.1) is 19.7 Å². The van der Waals surface area contributed by atoms with Crippen molar-refractivity contribution >= 4 is 23.6 Å². The number of likely N-dealkylation sites (N-methyl/N-ethyl adjacent to an activating group) is 1. The largest absolute Gasteiger partial charge is 0.455 e. The van der Waals surface area contributed by atoms with Crippen molar-refractivity contribution in [1.82, 2.24) is 14.9 Å². The zero-order valence-corrected chi connectivity index (χ0v) is 15.7. The fourth-order valence-electron chi connectivity index (χ4n) is 2.15. The van der Waals surface area contributed by atoms with Gasteiger partial charge in [-0.3, -0.25) is 9.59 Å².